The predicted octanol–water partition coefficient (Wildman–Crippen LogP) is 1.86. The molecule has 1 aliphatic heterocycles. The van der Waals surface area contributed by atoms with Crippen LogP contribution in [-0.4, -0.2) is 22.6 Å². The van der Waals surface area contributed by atoms with Crippen molar-refractivity contribution in [2.75, 3.05) is 6.54 Å². The van der Waals surface area contributed by atoms with Crippen LogP contribution in [0.3, 0.4) is 0 Å². The number of aromatic nitrogens is 2. The Labute approximate surface area is 129 Å². The molecule has 1 saturated carbocycles. The fourth-order valence-electron chi connectivity index (χ4n) is 3.46. The van der Waals surface area contributed by atoms with Gasteiger partial charge in [0.2, 0.25) is 0 Å². The molecule has 0 saturated heterocycles. The lowest BCUT2D eigenvalue weighted by atomic mass is 9.71. The van der Waals surface area contributed by atoms with Crippen LogP contribution in [0.5, 0.6) is 0 Å². The lowest BCUT2D eigenvalue weighted by Gasteiger charge is -2.43. The van der Waals surface area contributed by atoms with Crippen LogP contribution in [0.25, 0.3) is 0 Å². The van der Waals surface area contributed by atoms with E-state index in [2.05, 4.69) is 33.0 Å². The number of hydrogen-bond acceptors (Lipinski definition) is 3. The van der Waals surface area contributed by atoms with Crippen LogP contribution < -0.4 is 10.6 Å². The molecule has 22 heavy (non-hydrogen) atoms. The summed E-state index contributed by atoms with van der Waals surface area (Å²) in [5, 5.41) is 13.8. The van der Waals surface area contributed by atoms with Crippen molar-refractivity contribution in [2.24, 2.45) is 0 Å². The maximum absolute atomic E-state index is 12.7. The lowest BCUT2D eigenvalue weighted by molar-refractivity contribution is 0.0817. The van der Waals surface area contributed by atoms with Gasteiger partial charge >= 0.3 is 0 Å². The fourth-order valence-corrected chi connectivity index (χ4v) is 3.46. The first-order chi connectivity index (χ1) is 10.8. The second-order valence-electron chi connectivity index (χ2n) is 6.21. The standard InChI is InChI=1S/C17H20N4O/c22-16(15-13-11-18-10-7-14(13)20-21-15)19-17(8-4-9-17)12-5-2-1-3-6-12/h1-3,5-6,18H,4,7-11H2,(H,19,22)(H,20,21). The molecule has 5 nitrogen and oxygen atoms in total. The molecule has 0 atom stereocenters. The molecule has 2 aliphatic rings. The van der Waals surface area contributed by atoms with Gasteiger partial charge in [-0.1, -0.05) is 30.3 Å². The summed E-state index contributed by atoms with van der Waals surface area (Å²) in [4.78, 5) is 12.7. The SMILES string of the molecule is O=C(NC1(c2ccccc2)CCC1)c1n[nH]c2c1CNCC2. The second-order valence-corrected chi connectivity index (χ2v) is 6.21. The van der Waals surface area contributed by atoms with Gasteiger partial charge in [-0.3, -0.25) is 9.89 Å². The molecule has 1 amide bonds. The highest BCUT2D eigenvalue weighted by molar-refractivity contribution is 5.94. The quantitative estimate of drug-likeness (QED) is 0.810. The van der Waals surface area contributed by atoms with E-state index < -0.39 is 0 Å². The van der Waals surface area contributed by atoms with Crippen molar-refractivity contribution < 1.29 is 4.79 Å². The van der Waals surface area contributed by atoms with Crippen LogP contribution in [0.2, 0.25) is 0 Å². The summed E-state index contributed by atoms with van der Waals surface area (Å²) < 4.78 is 0. The Hall–Kier alpha value is -2.14. The van der Waals surface area contributed by atoms with Crippen molar-refractivity contribution in [3.63, 3.8) is 0 Å². The minimum atomic E-state index is -0.216. The molecule has 4 rings (SSSR count). The van der Waals surface area contributed by atoms with E-state index in [4.69, 9.17) is 0 Å². The zero-order valence-electron chi connectivity index (χ0n) is 12.5. The van der Waals surface area contributed by atoms with Crippen LogP contribution in [0.1, 0.15) is 46.6 Å². The molecule has 0 radical (unpaired) electrons. The monoisotopic (exact) mass is 296 g/mol. The third-order valence-electron chi connectivity index (χ3n) is 4.91. The summed E-state index contributed by atoms with van der Waals surface area (Å²) in [5.74, 6) is -0.0650. The average Bonchev–Trinajstić information content (AvgIpc) is 2.96. The third kappa shape index (κ3) is 2.13. The summed E-state index contributed by atoms with van der Waals surface area (Å²) in [6.07, 6.45) is 4.04. The largest absolute Gasteiger partial charge is 0.341 e. The molecule has 5 heteroatoms. The Morgan fingerprint density at radius 3 is 2.77 bits per heavy atom. The van der Waals surface area contributed by atoms with Crippen molar-refractivity contribution in [1.82, 2.24) is 20.8 Å². The maximum atomic E-state index is 12.7. The Morgan fingerprint density at radius 1 is 1.23 bits per heavy atom. The van der Waals surface area contributed by atoms with Crippen LogP contribution in [0, 0.1) is 0 Å². The number of carbonyl (C=O) groups is 1. The molecule has 2 heterocycles. The number of hydrogen-bond donors (Lipinski definition) is 3. The van der Waals surface area contributed by atoms with Gasteiger partial charge in [-0.25, -0.2) is 0 Å². The molecule has 3 N–H and O–H groups in total. The molecular weight excluding hydrogens is 276 g/mol. The normalized spacial score (nSPS) is 19.1. The summed E-state index contributed by atoms with van der Waals surface area (Å²) in [7, 11) is 0. The number of H-pyrrole nitrogens is 1. The zero-order valence-corrected chi connectivity index (χ0v) is 12.5. The van der Waals surface area contributed by atoms with Gasteiger partial charge in [-0.05, 0) is 24.8 Å². The van der Waals surface area contributed by atoms with Crippen molar-refractivity contribution in [3.8, 4) is 0 Å². The number of amides is 1. The molecular formula is C17H20N4O. The first-order valence-corrected chi connectivity index (χ1v) is 7.93. The molecule has 0 spiro atoms. The second kappa shape index (κ2) is 5.25. The van der Waals surface area contributed by atoms with E-state index in [9.17, 15) is 4.79 Å². The van der Waals surface area contributed by atoms with Crippen LogP contribution in [-0.2, 0) is 18.5 Å². The van der Waals surface area contributed by atoms with Gasteiger partial charge in [0.05, 0.1) is 5.54 Å². The molecule has 114 valence electrons. The van der Waals surface area contributed by atoms with E-state index >= 15 is 0 Å². The minimum absolute atomic E-state index is 0.0650. The van der Waals surface area contributed by atoms with Crippen molar-refractivity contribution in [3.05, 3.63) is 52.8 Å². The van der Waals surface area contributed by atoms with E-state index in [1.165, 1.54) is 5.56 Å². The van der Waals surface area contributed by atoms with Gasteiger partial charge < -0.3 is 10.6 Å². The summed E-state index contributed by atoms with van der Waals surface area (Å²) in [6, 6.07) is 10.3. The smallest absolute Gasteiger partial charge is 0.272 e. The number of benzene rings is 1. The number of nitrogens with one attached hydrogen (secondary N) is 3. The van der Waals surface area contributed by atoms with E-state index in [-0.39, 0.29) is 11.4 Å². The zero-order chi connectivity index (χ0) is 15.0. The molecule has 1 fully saturated rings. The summed E-state index contributed by atoms with van der Waals surface area (Å²) >= 11 is 0. The molecule has 1 aromatic heterocycles. The Bertz CT molecular complexity index is 688. The first-order valence-electron chi connectivity index (χ1n) is 7.93. The number of aromatic amines is 1. The van der Waals surface area contributed by atoms with Gasteiger partial charge in [0.25, 0.3) is 5.91 Å². The van der Waals surface area contributed by atoms with E-state index in [1.54, 1.807) is 0 Å². The summed E-state index contributed by atoms with van der Waals surface area (Å²) in [6.45, 7) is 1.65. The number of nitrogens with zero attached hydrogens (tertiary/aromatic N) is 1. The molecule has 0 bridgehead atoms. The number of fused-ring (bicyclic) bond motifs is 1. The van der Waals surface area contributed by atoms with Crippen molar-refractivity contribution in [1.29, 1.82) is 0 Å². The fraction of sp³-hybridized carbons (Fsp3) is 0.412. The Kier molecular flexibility index (Phi) is 3.22. The highest BCUT2D eigenvalue weighted by atomic mass is 16.2. The molecule has 1 aliphatic carbocycles. The van der Waals surface area contributed by atoms with Crippen LogP contribution in [0.15, 0.2) is 30.3 Å². The Morgan fingerprint density at radius 2 is 2.05 bits per heavy atom. The highest BCUT2D eigenvalue weighted by Crippen LogP contribution is 2.41. The van der Waals surface area contributed by atoms with E-state index in [0.717, 1.165) is 43.5 Å². The van der Waals surface area contributed by atoms with Crippen molar-refractivity contribution in [2.45, 2.75) is 37.8 Å². The third-order valence-corrected chi connectivity index (χ3v) is 4.91. The summed E-state index contributed by atoms with van der Waals surface area (Å²) in [5.41, 5.74) is 3.63. The topological polar surface area (TPSA) is 69.8 Å². The first kappa shape index (κ1) is 13.5. The average molecular weight is 296 g/mol. The van der Waals surface area contributed by atoms with Crippen molar-refractivity contribution >= 4 is 5.91 Å². The number of rotatable bonds is 3. The maximum Gasteiger partial charge on any atom is 0.272 e. The highest BCUT2D eigenvalue weighted by Gasteiger charge is 2.40. The van der Waals surface area contributed by atoms with Gasteiger partial charge in [0.1, 0.15) is 0 Å². The Balaban J connectivity index is 1.60. The molecule has 0 unspecified atom stereocenters. The van der Waals surface area contributed by atoms with Gasteiger partial charge in [-0.15, -0.1) is 0 Å². The molecule has 2 aromatic rings. The number of carbonyl (C=O) groups excluding carboxylic acids is 1. The van der Waals surface area contributed by atoms with Crippen LogP contribution >= 0.6 is 0 Å². The van der Waals surface area contributed by atoms with E-state index in [1.807, 2.05) is 18.2 Å². The molecule has 1 aromatic carbocycles. The van der Waals surface area contributed by atoms with Gasteiger partial charge in [0, 0.05) is 30.8 Å². The van der Waals surface area contributed by atoms with Crippen LogP contribution in [0.4, 0.5) is 0 Å². The van der Waals surface area contributed by atoms with Gasteiger partial charge in [-0.2, -0.15) is 5.10 Å². The predicted molar refractivity (Wildman–Crippen MR) is 83.4 cm³/mol. The van der Waals surface area contributed by atoms with Gasteiger partial charge in [0.15, 0.2) is 5.69 Å². The van der Waals surface area contributed by atoms with E-state index in [0.29, 0.717) is 12.2 Å². The lowest BCUT2D eigenvalue weighted by Crippen LogP contribution is -2.51. The minimum Gasteiger partial charge on any atom is -0.341 e.